The van der Waals surface area contributed by atoms with Crippen LogP contribution < -0.4 is 0 Å². The standard InChI is InChI=1S/C33H24/c1-33(2)30-17-8-7-13-26(30)29-20-21(18-19-31(29)33)22-15-9-16-28-25-11-4-3-10-23(25)24-12-5-6-14-27(24)32(22)28/h3-20H,1-2H3. The molecule has 6 aromatic carbocycles. The SMILES string of the molecule is CC1(C)c2ccccc2-c2cc(-c3cccc4c5ccccc5c5ccccc5c34)ccc21. The van der Waals surface area contributed by atoms with E-state index in [-0.39, 0.29) is 5.41 Å². The number of fused-ring (bicyclic) bond motifs is 9. The molecule has 156 valence electrons. The van der Waals surface area contributed by atoms with E-state index in [0.29, 0.717) is 0 Å². The first-order valence-corrected chi connectivity index (χ1v) is 11.7. The van der Waals surface area contributed by atoms with Crippen LogP contribution in [0.5, 0.6) is 0 Å². The second-order valence-electron chi connectivity index (χ2n) is 9.75. The summed E-state index contributed by atoms with van der Waals surface area (Å²) in [6.07, 6.45) is 0. The van der Waals surface area contributed by atoms with E-state index in [2.05, 4.69) is 123 Å². The summed E-state index contributed by atoms with van der Waals surface area (Å²) in [5.74, 6) is 0. The van der Waals surface area contributed by atoms with Crippen LogP contribution in [0.2, 0.25) is 0 Å². The summed E-state index contributed by atoms with van der Waals surface area (Å²) in [5, 5.41) is 7.95. The van der Waals surface area contributed by atoms with Crippen LogP contribution >= 0.6 is 0 Å². The third-order valence-corrected chi connectivity index (χ3v) is 7.66. The molecular formula is C33H24. The van der Waals surface area contributed by atoms with Gasteiger partial charge in [0.1, 0.15) is 0 Å². The first kappa shape index (κ1) is 18.7. The van der Waals surface area contributed by atoms with Gasteiger partial charge in [0.05, 0.1) is 0 Å². The molecule has 33 heavy (non-hydrogen) atoms. The predicted molar refractivity (Wildman–Crippen MR) is 142 cm³/mol. The van der Waals surface area contributed by atoms with E-state index in [9.17, 15) is 0 Å². The molecule has 0 heteroatoms. The lowest BCUT2D eigenvalue weighted by atomic mass is 9.82. The highest BCUT2D eigenvalue weighted by molar-refractivity contribution is 6.28. The van der Waals surface area contributed by atoms with Crippen molar-refractivity contribution < 1.29 is 0 Å². The number of benzene rings is 6. The number of hydrogen-bond acceptors (Lipinski definition) is 0. The Hall–Kier alpha value is -3.90. The van der Waals surface area contributed by atoms with Crippen LogP contribution in [0.4, 0.5) is 0 Å². The van der Waals surface area contributed by atoms with Crippen LogP contribution in [0.3, 0.4) is 0 Å². The molecule has 0 heterocycles. The molecule has 0 atom stereocenters. The summed E-state index contributed by atoms with van der Waals surface area (Å²) in [7, 11) is 0. The number of hydrogen-bond donors (Lipinski definition) is 0. The molecule has 0 aliphatic heterocycles. The Morgan fingerprint density at radius 2 is 0.939 bits per heavy atom. The van der Waals surface area contributed by atoms with E-state index in [1.54, 1.807) is 0 Å². The van der Waals surface area contributed by atoms with Crippen molar-refractivity contribution in [3.8, 4) is 22.3 Å². The van der Waals surface area contributed by atoms with Gasteiger partial charge in [-0.25, -0.2) is 0 Å². The Kier molecular flexibility index (Phi) is 3.71. The molecule has 0 spiro atoms. The Bertz CT molecular complexity index is 1690. The maximum Gasteiger partial charge on any atom is 0.0158 e. The highest BCUT2D eigenvalue weighted by atomic mass is 14.4. The molecule has 0 aromatic heterocycles. The zero-order valence-corrected chi connectivity index (χ0v) is 18.9. The molecule has 6 aromatic rings. The third kappa shape index (κ3) is 2.47. The van der Waals surface area contributed by atoms with Crippen LogP contribution in [0, 0.1) is 0 Å². The summed E-state index contributed by atoms with van der Waals surface area (Å²) >= 11 is 0. The summed E-state index contributed by atoms with van der Waals surface area (Å²) < 4.78 is 0. The van der Waals surface area contributed by atoms with Crippen molar-refractivity contribution in [2.45, 2.75) is 19.3 Å². The second-order valence-corrected chi connectivity index (χ2v) is 9.75. The lowest BCUT2D eigenvalue weighted by Crippen LogP contribution is -2.14. The van der Waals surface area contributed by atoms with E-state index in [0.717, 1.165) is 0 Å². The molecule has 0 N–H and O–H groups in total. The molecular weight excluding hydrogens is 396 g/mol. The van der Waals surface area contributed by atoms with Crippen molar-refractivity contribution in [1.82, 2.24) is 0 Å². The van der Waals surface area contributed by atoms with Gasteiger partial charge in [0.15, 0.2) is 0 Å². The zero-order valence-electron chi connectivity index (χ0n) is 18.9. The first-order chi connectivity index (χ1) is 16.1. The molecule has 1 aliphatic rings. The molecule has 0 radical (unpaired) electrons. The summed E-state index contributed by atoms with van der Waals surface area (Å²) in [6.45, 7) is 4.68. The van der Waals surface area contributed by atoms with E-state index in [1.165, 1.54) is 65.7 Å². The van der Waals surface area contributed by atoms with Gasteiger partial charge in [0, 0.05) is 5.41 Å². The average Bonchev–Trinajstić information content (AvgIpc) is 3.10. The maximum atomic E-state index is 2.42. The fraction of sp³-hybridized carbons (Fsp3) is 0.0909. The van der Waals surface area contributed by atoms with Crippen LogP contribution in [0.15, 0.2) is 109 Å². The van der Waals surface area contributed by atoms with Gasteiger partial charge in [-0.15, -0.1) is 0 Å². The molecule has 0 nitrogen and oxygen atoms in total. The highest BCUT2D eigenvalue weighted by Gasteiger charge is 2.35. The molecule has 1 aliphatic carbocycles. The second kappa shape index (κ2) is 6.56. The van der Waals surface area contributed by atoms with Crippen molar-refractivity contribution >= 4 is 32.3 Å². The van der Waals surface area contributed by atoms with E-state index in [4.69, 9.17) is 0 Å². The molecule has 0 amide bonds. The van der Waals surface area contributed by atoms with Gasteiger partial charge in [-0.05, 0) is 71.8 Å². The largest absolute Gasteiger partial charge is 0.0619 e. The van der Waals surface area contributed by atoms with Gasteiger partial charge >= 0.3 is 0 Å². The van der Waals surface area contributed by atoms with Crippen LogP contribution in [0.25, 0.3) is 54.6 Å². The maximum absolute atomic E-state index is 2.42. The smallest absolute Gasteiger partial charge is 0.0158 e. The number of rotatable bonds is 1. The normalized spacial score (nSPS) is 14.0. The van der Waals surface area contributed by atoms with Gasteiger partial charge in [0.2, 0.25) is 0 Å². The van der Waals surface area contributed by atoms with Gasteiger partial charge < -0.3 is 0 Å². The fourth-order valence-electron chi connectivity index (χ4n) is 6.08. The average molecular weight is 421 g/mol. The minimum absolute atomic E-state index is 0.0338. The molecule has 0 saturated carbocycles. The van der Waals surface area contributed by atoms with Crippen molar-refractivity contribution in [2.75, 3.05) is 0 Å². The van der Waals surface area contributed by atoms with Crippen molar-refractivity contribution in [3.05, 3.63) is 120 Å². The van der Waals surface area contributed by atoms with Crippen molar-refractivity contribution in [2.24, 2.45) is 0 Å². The Labute approximate surface area is 194 Å². The van der Waals surface area contributed by atoms with Crippen molar-refractivity contribution in [3.63, 3.8) is 0 Å². The molecule has 7 rings (SSSR count). The summed E-state index contributed by atoms with van der Waals surface area (Å²) in [4.78, 5) is 0. The van der Waals surface area contributed by atoms with Gasteiger partial charge in [0.25, 0.3) is 0 Å². The Morgan fingerprint density at radius 1 is 0.424 bits per heavy atom. The van der Waals surface area contributed by atoms with Crippen LogP contribution in [-0.2, 0) is 5.41 Å². The van der Waals surface area contributed by atoms with E-state index in [1.807, 2.05) is 0 Å². The Morgan fingerprint density at radius 3 is 1.67 bits per heavy atom. The molecule has 0 bridgehead atoms. The Balaban J connectivity index is 1.59. The lowest BCUT2D eigenvalue weighted by molar-refractivity contribution is 0.660. The van der Waals surface area contributed by atoms with Crippen LogP contribution in [0.1, 0.15) is 25.0 Å². The molecule has 0 fully saturated rings. The summed E-state index contributed by atoms with van der Waals surface area (Å²) in [6, 6.07) is 40.4. The minimum Gasteiger partial charge on any atom is -0.0619 e. The topological polar surface area (TPSA) is 0 Å². The van der Waals surface area contributed by atoms with Crippen molar-refractivity contribution in [1.29, 1.82) is 0 Å². The quantitative estimate of drug-likeness (QED) is 0.233. The first-order valence-electron chi connectivity index (χ1n) is 11.7. The summed E-state index contributed by atoms with van der Waals surface area (Å²) in [5.41, 5.74) is 8.21. The van der Waals surface area contributed by atoms with Gasteiger partial charge in [-0.3, -0.25) is 0 Å². The van der Waals surface area contributed by atoms with Gasteiger partial charge in [-0.2, -0.15) is 0 Å². The monoisotopic (exact) mass is 420 g/mol. The molecule has 0 unspecified atom stereocenters. The third-order valence-electron chi connectivity index (χ3n) is 7.66. The molecule has 0 saturated heterocycles. The van der Waals surface area contributed by atoms with E-state index < -0.39 is 0 Å². The fourth-order valence-corrected chi connectivity index (χ4v) is 6.08. The van der Waals surface area contributed by atoms with E-state index >= 15 is 0 Å². The van der Waals surface area contributed by atoms with Crippen LogP contribution in [-0.4, -0.2) is 0 Å². The van der Waals surface area contributed by atoms with Gasteiger partial charge in [-0.1, -0.05) is 117 Å². The lowest BCUT2D eigenvalue weighted by Gasteiger charge is -2.21. The highest BCUT2D eigenvalue weighted by Crippen LogP contribution is 2.50. The predicted octanol–water partition coefficient (Wildman–Crippen LogP) is 9.12. The minimum atomic E-state index is 0.0338. The zero-order chi connectivity index (χ0) is 22.2.